The van der Waals surface area contributed by atoms with Crippen LogP contribution in [0.1, 0.15) is 17.0 Å². The number of amides is 2. The largest absolute Gasteiger partial charge is 0.435 e. The predicted octanol–water partition coefficient (Wildman–Crippen LogP) is 3.30. The van der Waals surface area contributed by atoms with Gasteiger partial charge < -0.3 is 10.6 Å². The van der Waals surface area contributed by atoms with E-state index in [2.05, 4.69) is 20.5 Å². The van der Waals surface area contributed by atoms with Gasteiger partial charge in [-0.1, -0.05) is 23.7 Å². The van der Waals surface area contributed by atoms with Gasteiger partial charge in [-0.15, -0.1) is 0 Å². The number of alkyl halides is 3. The van der Waals surface area contributed by atoms with Crippen molar-refractivity contribution in [3.8, 4) is 5.69 Å². The molecule has 3 rings (SSSR count). The van der Waals surface area contributed by atoms with Gasteiger partial charge in [-0.2, -0.15) is 31.4 Å². The minimum absolute atomic E-state index is 0.0328. The molecule has 0 saturated heterocycles. The summed E-state index contributed by atoms with van der Waals surface area (Å²) in [6.07, 6.45) is -4.74. The van der Waals surface area contributed by atoms with E-state index in [0.29, 0.717) is 11.3 Å². The number of nitrogens with zero attached hydrogens (tertiary/aromatic N) is 2. The highest BCUT2D eigenvalue weighted by Crippen LogP contribution is 2.30. The number of anilines is 1. The van der Waals surface area contributed by atoms with Gasteiger partial charge in [0.1, 0.15) is 5.82 Å². The molecule has 0 fully saturated rings. The molecule has 1 aromatic heterocycles. The summed E-state index contributed by atoms with van der Waals surface area (Å²) in [4.78, 5) is 12.2. The van der Waals surface area contributed by atoms with Crippen molar-refractivity contribution in [2.45, 2.75) is 19.3 Å². The van der Waals surface area contributed by atoms with Gasteiger partial charge in [-0.05, 0) is 42.0 Å². The van der Waals surface area contributed by atoms with Gasteiger partial charge in [-0.25, -0.2) is 19.0 Å². The zero-order chi connectivity index (χ0) is 25.1. The first kappa shape index (κ1) is 25.4. The Hall–Kier alpha value is -3.20. The molecule has 3 aromatic rings. The van der Waals surface area contributed by atoms with Crippen molar-refractivity contribution in [3.63, 3.8) is 0 Å². The maximum atomic E-state index is 13.4. The van der Waals surface area contributed by atoms with Gasteiger partial charge >= 0.3 is 12.2 Å². The van der Waals surface area contributed by atoms with Crippen molar-refractivity contribution in [1.29, 1.82) is 0 Å². The molecule has 1 heterocycles. The monoisotopic (exact) mass is 520 g/mol. The Morgan fingerprint density at radius 2 is 1.76 bits per heavy atom. The van der Waals surface area contributed by atoms with Crippen molar-refractivity contribution < 1.29 is 30.8 Å². The molecular weight excluding hydrogens is 504 g/mol. The molecule has 0 aliphatic carbocycles. The molecule has 0 radical (unpaired) electrons. The van der Waals surface area contributed by atoms with E-state index in [9.17, 15) is 30.8 Å². The number of hydrogen-bond acceptors (Lipinski definition) is 4. The number of halogens is 5. The summed E-state index contributed by atoms with van der Waals surface area (Å²) < 4.78 is 77.8. The molecule has 0 aliphatic rings. The van der Waals surface area contributed by atoms with Gasteiger partial charge in [-0.3, -0.25) is 0 Å². The quantitative estimate of drug-likeness (QED) is 0.356. The van der Waals surface area contributed by atoms with Crippen LogP contribution in [0.15, 0.2) is 48.5 Å². The number of benzene rings is 2. The first-order chi connectivity index (χ1) is 15.8. The Kier molecular flexibility index (Phi) is 7.45. The Morgan fingerprint density at radius 1 is 1.09 bits per heavy atom. The van der Waals surface area contributed by atoms with Gasteiger partial charge in [0.2, 0.25) is 0 Å². The summed E-state index contributed by atoms with van der Waals surface area (Å²) in [5, 5.41) is 13.0. The number of carbonyl (C=O) groups is 1. The Labute approximate surface area is 196 Å². The Morgan fingerprint density at radius 3 is 2.35 bits per heavy atom. The number of nitrogens with two attached hydrogens (primary N) is 1. The van der Waals surface area contributed by atoms with Crippen LogP contribution in [0.25, 0.3) is 5.69 Å². The molecule has 2 amide bonds. The average molecular weight is 521 g/mol. The van der Waals surface area contributed by atoms with Crippen LogP contribution in [0.4, 0.5) is 28.0 Å². The lowest BCUT2D eigenvalue weighted by atomic mass is 10.2. The van der Waals surface area contributed by atoms with Crippen molar-refractivity contribution in [2.75, 3.05) is 5.32 Å². The van der Waals surface area contributed by atoms with Crippen LogP contribution in [-0.2, 0) is 29.5 Å². The standard InChI is InChI=1S/C19H17ClF4N6O3S/c20-15-7-13(5-6-16(15)21)30-14(8-17(29-30)19(22,23)24)10-26-18(31)28-12-3-1-11(2-4-12)9-27-34(25,32)33/h1-8,27H,9-10H2,(H2,25,32,33)(H2,26,28,31). The maximum absolute atomic E-state index is 13.4. The summed E-state index contributed by atoms with van der Waals surface area (Å²) >= 11 is 5.73. The highest BCUT2D eigenvalue weighted by Gasteiger charge is 2.35. The second-order valence-corrected chi connectivity index (χ2v) is 8.69. The van der Waals surface area contributed by atoms with Gasteiger partial charge in [0.15, 0.2) is 5.69 Å². The molecule has 0 spiro atoms. The summed E-state index contributed by atoms with van der Waals surface area (Å²) in [6.45, 7) is -0.398. The van der Waals surface area contributed by atoms with E-state index in [0.717, 1.165) is 22.9 Å². The highest BCUT2D eigenvalue weighted by atomic mass is 35.5. The molecule has 0 atom stereocenters. The first-order valence-corrected chi connectivity index (χ1v) is 11.3. The molecule has 15 heteroatoms. The zero-order valence-electron chi connectivity index (χ0n) is 17.0. The van der Waals surface area contributed by atoms with Crippen LogP contribution in [0.2, 0.25) is 5.02 Å². The van der Waals surface area contributed by atoms with Gasteiger partial charge in [0.05, 0.1) is 22.9 Å². The van der Waals surface area contributed by atoms with Crippen molar-refractivity contribution >= 4 is 33.5 Å². The van der Waals surface area contributed by atoms with Gasteiger partial charge in [0, 0.05) is 12.2 Å². The SMILES string of the molecule is NS(=O)(=O)NCc1ccc(NC(=O)NCc2cc(C(F)(F)F)nn2-c2ccc(F)c(Cl)c2)cc1. The fourth-order valence-corrected chi connectivity index (χ4v) is 3.30. The van der Waals surface area contributed by atoms with E-state index < -0.39 is 33.9 Å². The molecular formula is C19H17ClF4N6O3S. The predicted molar refractivity (Wildman–Crippen MR) is 116 cm³/mol. The average Bonchev–Trinajstić information content (AvgIpc) is 3.18. The maximum Gasteiger partial charge on any atom is 0.435 e. The number of rotatable bonds is 7. The molecule has 34 heavy (non-hydrogen) atoms. The van der Waals surface area contributed by atoms with Crippen LogP contribution in [0.5, 0.6) is 0 Å². The minimum atomic E-state index is -4.74. The van der Waals surface area contributed by atoms with E-state index >= 15 is 0 Å². The van der Waals surface area contributed by atoms with Crippen molar-refractivity contribution in [3.05, 3.63) is 76.3 Å². The number of urea groups is 1. The van der Waals surface area contributed by atoms with Gasteiger partial charge in [0.25, 0.3) is 10.2 Å². The number of hydrogen-bond donors (Lipinski definition) is 4. The Bertz CT molecular complexity index is 1300. The molecule has 0 saturated carbocycles. The minimum Gasteiger partial charge on any atom is -0.332 e. The molecule has 182 valence electrons. The lowest BCUT2D eigenvalue weighted by molar-refractivity contribution is -0.141. The molecule has 2 aromatic carbocycles. The smallest absolute Gasteiger partial charge is 0.332 e. The van der Waals surface area contributed by atoms with E-state index in [-0.39, 0.29) is 29.5 Å². The lowest BCUT2D eigenvalue weighted by Crippen LogP contribution is -2.30. The Balaban J connectivity index is 1.70. The highest BCUT2D eigenvalue weighted by molar-refractivity contribution is 7.87. The fourth-order valence-electron chi connectivity index (χ4n) is 2.76. The molecule has 5 N–H and O–H groups in total. The third-order valence-electron chi connectivity index (χ3n) is 4.34. The second-order valence-electron chi connectivity index (χ2n) is 6.90. The van der Waals surface area contributed by atoms with Crippen LogP contribution in [-0.4, -0.2) is 24.2 Å². The van der Waals surface area contributed by atoms with Crippen molar-refractivity contribution in [2.24, 2.45) is 5.14 Å². The topological polar surface area (TPSA) is 131 Å². The number of aromatic nitrogens is 2. The summed E-state index contributed by atoms with van der Waals surface area (Å²) in [7, 11) is -3.85. The van der Waals surface area contributed by atoms with E-state index in [1.165, 1.54) is 30.3 Å². The third-order valence-corrected chi connectivity index (χ3v) is 5.18. The zero-order valence-corrected chi connectivity index (χ0v) is 18.6. The van der Waals surface area contributed by atoms with Crippen LogP contribution in [0.3, 0.4) is 0 Å². The van der Waals surface area contributed by atoms with Crippen LogP contribution in [0, 0.1) is 5.82 Å². The first-order valence-electron chi connectivity index (χ1n) is 9.34. The fraction of sp³-hybridized carbons (Fsp3) is 0.158. The molecule has 0 unspecified atom stereocenters. The summed E-state index contributed by atoms with van der Waals surface area (Å²) in [5.74, 6) is -0.751. The molecule has 9 nitrogen and oxygen atoms in total. The normalized spacial score (nSPS) is 11.9. The molecule has 0 aliphatic heterocycles. The van der Waals surface area contributed by atoms with Crippen LogP contribution >= 0.6 is 11.6 Å². The van der Waals surface area contributed by atoms with E-state index in [1.807, 2.05) is 0 Å². The van der Waals surface area contributed by atoms with E-state index in [1.54, 1.807) is 0 Å². The molecule has 0 bridgehead atoms. The van der Waals surface area contributed by atoms with Crippen LogP contribution < -0.4 is 20.5 Å². The van der Waals surface area contributed by atoms with Crippen molar-refractivity contribution in [1.82, 2.24) is 19.8 Å². The third kappa shape index (κ3) is 6.90. The second kappa shape index (κ2) is 9.97. The lowest BCUT2D eigenvalue weighted by Gasteiger charge is -2.11. The summed E-state index contributed by atoms with van der Waals surface area (Å²) in [5.41, 5.74) is -0.251. The number of carbonyl (C=O) groups excluding carboxylic acids is 1. The summed E-state index contributed by atoms with van der Waals surface area (Å²) in [6, 6.07) is 9.38. The number of nitrogens with one attached hydrogen (secondary N) is 3. The van der Waals surface area contributed by atoms with E-state index in [4.69, 9.17) is 16.7 Å².